The molecule has 0 saturated carbocycles. The van der Waals surface area contributed by atoms with E-state index in [1.54, 1.807) is 7.05 Å². The molecule has 1 aliphatic heterocycles. The Labute approximate surface area is 90.1 Å². The Balaban J connectivity index is 2.22. The summed E-state index contributed by atoms with van der Waals surface area (Å²) >= 11 is 0. The van der Waals surface area contributed by atoms with E-state index in [-0.39, 0.29) is 5.06 Å². The van der Waals surface area contributed by atoms with Crippen LogP contribution in [0.25, 0.3) is 0 Å². The summed E-state index contributed by atoms with van der Waals surface area (Å²) in [5.74, 6) is 0. The summed E-state index contributed by atoms with van der Waals surface area (Å²) < 4.78 is 0. The number of nitrogens with zero attached hydrogens (tertiary/aromatic N) is 1. The van der Waals surface area contributed by atoms with Gasteiger partial charge in [0, 0.05) is 32.7 Å². The molecule has 1 aromatic rings. The minimum Gasteiger partial charge on any atom is -0.629 e. The molecule has 1 saturated heterocycles. The topological polar surface area (TPSA) is 42.5 Å². The van der Waals surface area contributed by atoms with Crippen molar-refractivity contribution in [1.82, 2.24) is 4.90 Å². The molecule has 2 N–H and O–H groups in total. The minimum atomic E-state index is 0.118. The van der Waals surface area contributed by atoms with Gasteiger partial charge in [0.25, 0.3) is 0 Å². The van der Waals surface area contributed by atoms with Crippen LogP contribution >= 0.6 is 0 Å². The molecule has 0 amide bonds. The van der Waals surface area contributed by atoms with Gasteiger partial charge in [0.2, 0.25) is 0 Å². The molecule has 1 fully saturated rings. The van der Waals surface area contributed by atoms with Gasteiger partial charge in [-0.15, -0.1) is 0 Å². The van der Waals surface area contributed by atoms with Crippen molar-refractivity contribution in [1.29, 1.82) is 0 Å². The molecule has 0 spiro atoms. The third kappa shape index (κ3) is 2.47. The molecule has 0 radical (unpaired) electrons. The summed E-state index contributed by atoms with van der Waals surface area (Å²) in [5.41, 5.74) is 2.92. The Kier molecular flexibility index (Phi) is 2.90. The summed E-state index contributed by atoms with van der Waals surface area (Å²) in [6.07, 6.45) is 0. The van der Waals surface area contributed by atoms with Crippen LogP contribution in [0.5, 0.6) is 0 Å². The second-order valence-electron chi connectivity index (χ2n) is 3.96. The van der Waals surface area contributed by atoms with Gasteiger partial charge in [0.15, 0.2) is 5.69 Å². The second kappa shape index (κ2) is 4.18. The molecular weight excluding hydrogens is 190 g/mol. The van der Waals surface area contributed by atoms with Gasteiger partial charge in [-0.2, -0.15) is 0 Å². The normalized spacial score (nSPS) is 17.5. The molecular formula is C11H17N3O. The Morgan fingerprint density at radius 2 is 2.20 bits per heavy atom. The molecule has 1 aliphatic rings. The zero-order chi connectivity index (χ0) is 10.8. The van der Waals surface area contributed by atoms with Crippen molar-refractivity contribution in [2.75, 3.05) is 32.5 Å². The predicted molar refractivity (Wildman–Crippen MR) is 61.2 cm³/mol. The molecule has 1 atom stereocenters. The quantitative estimate of drug-likeness (QED) is 0.547. The highest BCUT2D eigenvalue weighted by molar-refractivity contribution is 5.62. The number of hydrogen-bond donors (Lipinski definition) is 2. The van der Waals surface area contributed by atoms with Crippen molar-refractivity contribution in [3.8, 4) is 0 Å². The van der Waals surface area contributed by atoms with E-state index >= 15 is 0 Å². The molecule has 4 nitrogen and oxygen atoms in total. The molecule has 1 unspecified atom stereocenters. The summed E-state index contributed by atoms with van der Waals surface area (Å²) in [4.78, 5) is 2.33. The summed E-state index contributed by atoms with van der Waals surface area (Å²) in [6.45, 7) is 3.33. The SMILES string of the molecule is CNc1ccc(CN2CC2)cc1[NH+](C)[O-]. The third-order valence-electron chi connectivity index (χ3n) is 2.68. The van der Waals surface area contributed by atoms with Crippen molar-refractivity contribution in [3.63, 3.8) is 0 Å². The van der Waals surface area contributed by atoms with Gasteiger partial charge in [0.05, 0.1) is 12.7 Å². The van der Waals surface area contributed by atoms with E-state index in [0.717, 1.165) is 17.9 Å². The highest BCUT2D eigenvalue weighted by Crippen LogP contribution is 2.21. The van der Waals surface area contributed by atoms with Crippen molar-refractivity contribution < 1.29 is 5.06 Å². The fourth-order valence-electron chi connectivity index (χ4n) is 1.69. The number of rotatable bonds is 4. The van der Waals surface area contributed by atoms with Gasteiger partial charge in [-0.05, 0) is 11.6 Å². The first kappa shape index (κ1) is 10.4. The van der Waals surface area contributed by atoms with E-state index < -0.39 is 0 Å². The van der Waals surface area contributed by atoms with E-state index in [0.29, 0.717) is 0 Å². The van der Waals surface area contributed by atoms with Crippen LogP contribution in [0.1, 0.15) is 5.56 Å². The first-order chi connectivity index (χ1) is 7.20. The van der Waals surface area contributed by atoms with Crippen LogP contribution in [0.3, 0.4) is 0 Å². The van der Waals surface area contributed by atoms with Crippen LogP contribution in [-0.2, 0) is 6.54 Å². The Bertz CT molecular complexity index is 348. The van der Waals surface area contributed by atoms with E-state index in [9.17, 15) is 5.21 Å². The molecule has 4 heteroatoms. The van der Waals surface area contributed by atoms with Crippen LogP contribution in [-0.4, -0.2) is 32.1 Å². The van der Waals surface area contributed by atoms with E-state index in [1.807, 2.05) is 19.2 Å². The molecule has 2 rings (SSSR count). The minimum absolute atomic E-state index is 0.118. The fraction of sp³-hybridized carbons (Fsp3) is 0.455. The number of hydrogen-bond acceptors (Lipinski definition) is 3. The van der Waals surface area contributed by atoms with Crippen molar-refractivity contribution in [2.45, 2.75) is 6.54 Å². The third-order valence-corrected chi connectivity index (χ3v) is 2.68. The van der Waals surface area contributed by atoms with E-state index in [2.05, 4.69) is 16.3 Å². The maximum absolute atomic E-state index is 11.4. The number of hydroxylamine groups is 1. The zero-order valence-electron chi connectivity index (χ0n) is 9.21. The average Bonchev–Trinajstić information content (AvgIpc) is 3.01. The van der Waals surface area contributed by atoms with Gasteiger partial charge in [0.1, 0.15) is 0 Å². The largest absolute Gasteiger partial charge is 0.629 e. The van der Waals surface area contributed by atoms with Gasteiger partial charge in [-0.1, -0.05) is 6.07 Å². The lowest BCUT2D eigenvalue weighted by Gasteiger charge is -2.19. The number of quaternary nitrogens is 1. The van der Waals surface area contributed by atoms with Crippen molar-refractivity contribution >= 4 is 11.4 Å². The van der Waals surface area contributed by atoms with Crippen LogP contribution < -0.4 is 10.4 Å². The standard InChI is InChI=1S/C11H17N3O/c1-12-10-4-3-9(8-14-5-6-14)7-11(10)13(2)15/h3-4,7,12-13H,5-6,8H2,1-2H3. The van der Waals surface area contributed by atoms with Gasteiger partial charge >= 0.3 is 0 Å². The number of anilines is 1. The van der Waals surface area contributed by atoms with E-state index in [1.165, 1.54) is 18.7 Å². The first-order valence-electron chi connectivity index (χ1n) is 5.24. The zero-order valence-corrected chi connectivity index (χ0v) is 9.21. The highest BCUT2D eigenvalue weighted by Gasteiger charge is 2.18. The smallest absolute Gasteiger partial charge is 0.154 e. The Morgan fingerprint density at radius 3 is 2.73 bits per heavy atom. The summed E-state index contributed by atoms with van der Waals surface area (Å²) in [5, 5.41) is 14.6. The van der Waals surface area contributed by atoms with Crippen molar-refractivity contribution in [3.05, 3.63) is 29.0 Å². The number of nitrogens with one attached hydrogen (secondary N) is 2. The molecule has 0 bridgehead atoms. The highest BCUT2D eigenvalue weighted by atomic mass is 16.5. The molecule has 82 valence electrons. The monoisotopic (exact) mass is 207 g/mol. The predicted octanol–water partition coefficient (Wildman–Crippen LogP) is 0.188. The molecule has 15 heavy (non-hydrogen) atoms. The molecule has 1 aromatic carbocycles. The lowest BCUT2D eigenvalue weighted by molar-refractivity contribution is -0.750. The Hall–Kier alpha value is -1.10. The lowest BCUT2D eigenvalue weighted by atomic mass is 10.1. The maximum Gasteiger partial charge on any atom is 0.154 e. The van der Waals surface area contributed by atoms with Gasteiger partial charge < -0.3 is 15.6 Å². The summed E-state index contributed by atoms with van der Waals surface area (Å²) in [7, 11) is 3.45. The molecule has 1 heterocycles. The molecule has 0 aliphatic carbocycles. The number of benzene rings is 1. The van der Waals surface area contributed by atoms with Crippen molar-refractivity contribution in [2.24, 2.45) is 0 Å². The van der Waals surface area contributed by atoms with Crippen LogP contribution in [0.2, 0.25) is 0 Å². The first-order valence-corrected chi connectivity index (χ1v) is 5.24. The van der Waals surface area contributed by atoms with Crippen LogP contribution in [0, 0.1) is 5.21 Å². The second-order valence-corrected chi connectivity index (χ2v) is 3.96. The maximum atomic E-state index is 11.4. The summed E-state index contributed by atoms with van der Waals surface area (Å²) in [6, 6.07) is 6.05. The van der Waals surface area contributed by atoms with Crippen LogP contribution in [0.4, 0.5) is 11.4 Å². The lowest BCUT2D eigenvalue weighted by Crippen LogP contribution is -2.98. The van der Waals surface area contributed by atoms with Gasteiger partial charge in [-0.3, -0.25) is 4.90 Å². The van der Waals surface area contributed by atoms with Crippen LogP contribution in [0.15, 0.2) is 18.2 Å². The Morgan fingerprint density at radius 1 is 1.47 bits per heavy atom. The fourth-order valence-corrected chi connectivity index (χ4v) is 1.69. The van der Waals surface area contributed by atoms with Gasteiger partial charge in [-0.25, -0.2) is 0 Å². The average molecular weight is 207 g/mol. The van der Waals surface area contributed by atoms with E-state index in [4.69, 9.17) is 0 Å². The molecule has 0 aromatic heterocycles.